The minimum Gasteiger partial charge on any atom is -0.462 e. The fourth-order valence-corrected chi connectivity index (χ4v) is 2.56. The van der Waals surface area contributed by atoms with E-state index in [-0.39, 0.29) is 18.4 Å². The van der Waals surface area contributed by atoms with Gasteiger partial charge in [-0.2, -0.15) is 0 Å². The molecule has 2 aromatic rings. The second-order valence-electron chi connectivity index (χ2n) is 4.29. The largest absolute Gasteiger partial charge is 0.462 e. The third-order valence-electron chi connectivity index (χ3n) is 2.83. The van der Waals surface area contributed by atoms with Crippen LogP contribution in [-0.2, 0) is 4.79 Å². The van der Waals surface area contributed by atoms with Crippen LogP contribution in [0.3, 0.4) is 0 Å². The second kappa shape index (κ2) is 7.03. The number of rotatable bonds is 6. The first-order valence-electron chi connectivity index (χ1n) is 6.71. The Hall–Kier alpha value is -2.15. The molecular formula is C14H17N3O3S. The summed E-state index contributed by atoms with van der Waals surface area (Å²) in [5.74, 6) is 0.206. The van der Waals surface area contributed by atoms with Gasteiger partial charge >= 0.3 is 0 Å². The maximum absolute atomic E-state index is 12.4. The minimum atomic E-state index is -0.252. The Morgan fingerprint density at radius 2 is 2.24 bits per heavy atom. The molecule has 2 rings (SSSR count). The lowest BCUT2D eigenvalue weighted by Gasteiger charge is -2.18. The zero-order valence-electron chi connectivity index (χ0n) is 12.0. The van der Waals surface area contributed by atoms with Crippen molar-refractivity contribution in [2.75, 3.05) is 19.6 Å². The summed E-state index contributed by atoms with van der Waals surface area (Å²) in [5.41, 5.74) is 0.331. The molecule has 0 bridgehead atoms. The molecule has 0 aliphatic rings. The summed E-state index contributed by atoms with van der Waals surface area (Å²) in [5, 5.41) is 5.01. The predicted octanol–water partition coefficient (Wildman–Crippen LogP) is 2.00. The van der Waals surface area contributed by atoms with Gasteiger partial charge in [-0.1, -0.05) is 0 Å². The van der Waals surface area contributed by atoms with Crippen LogP contribution in [0, 0.1) is 0 Å². The number of nitrogens with one attached hydrogen (secondary N) is 1. The predicted molar refractivity (Wildman–Crippen MR) is 80.1 cm³/mol. The van der Waals surface area contributed by atoms with E-state index in [9.17, 15) is 9.59 Å². The minimum absolute atomic E-state index is 0.0385. The monoisotopic (exact) mass is 307 g/mol. The van der Waals surface area contributed by atoms with E-state index in [2.05, 4.69) is 10.3 Å². The Bertz CT molecular complexity index is 607. The average molecular weight is 307 g/mol. The first-order chi connectivity index (χ1) is 10.2. The molecule has 2 amide bonds. The van der Waals surface area contributed by atoms with Crippen molar-refractivity contribution in [1.82, 2.24) is 15.2 Å². The summed E-state index contributed by atoms with van der Waals surface area (Å²) in [6, 6.07) is 3.56. The Balaban J connectivity index is 2.09. The van der Waals surface area contributed by atoms with Gasteiger partial charge in [0, 0.05) is 18.5 Å². The first kappa shape index (κ1) is 15.2. The molecule has 0 unspecified atom stereocenters. The summed E-state index contributed by atoms with van der Waals surface area (Å²) in [6.07, 6.45) is 1.56. The van der Waals surface area contributed by atoms with Crippen LogP contribution in [0.15, 0.2) is 28.2 Å². The van der Waals surface area contributed by atoms with Gasteiger partial charge < -0.3 is 14.6 Å². The van der Waals surface area contributed by atoms with Crippen molar-refractivity contribution in [2.45, 2.75) is 13.8 Å². The fraction of sp³-hybridized carbons (Fsp3) is 0.357. The molecule has 0 spiro atoms. The van der Waals surface area contributed by atoms with E-state index in [0.29, 0.717) is 29.6 Å². The Kier molecular flexibility index (Phi) is 5.10. The lowest BCUT2D eigenvalue weighted by molar-refractivity contribution is -0.121. The summed E-state index contributed by atoms with van der Waals surface area (Å²) >= 11 is 1.34. The Morgan fingerprint density at radius 3 is 2.86 bits per heavy atom. The summed E-state index contributed by atoms with van der Waals surface area (Å²) in [4.78, 5) is 29.7. The van der Waals surface area contributed by atoms with Crippen molar-refractivity contribution in [2.24, 2.45) is 0 Å². The van der Waals surface area contributed by atoms with Gasteiger partial charge in [0.15, 0.2) is 10.8 Å². The smallest absolute Gasteiger partial charge is 0.273 e. The number of hydrogen-bond acceptors (Lipinski definition) is 5. The fourth-order valence-electron chi connectivity index (χ4n) is 1.80. The summed E-state index contributed by atoms with van der Waals surface area (Å²) < 4.78 is 5.25. The number of amides is 2. The highest BCUT2D eigenvalue weighted by Crippen LogP contribution is 2.24. The molecule has 0 aliphatic heterocycles. The zero-order chi connectivity index (χ0) is 15.2. The van der Waals surface area contributed by atoms with Crippen LogP contribution in [0.5, 0.6) is 0 Å². The van der Waals surface area contributed by atoms with Crippen LogP contribution in [0.2, 0.25) is 0 Å². The van der Waals surface area contributed by atoms with E-state index in [4.69, 9.17) is 4.42 Å². The van der Waals surface area contributed by atoms with E-state index in [0.717, 1.165) is 0 Å². The van der Waals surface area contributed by atoms with Crippen LogP contribution in [0.4, 0.5) is 0 Å². The maximum Gasteiger partial charge on any atom is 0.273 e. The van der Waals surface area contributed by atoms with Crippen molar-refractivity contribution in [3.05, 3.63) is 29.5 Å². The number of hydrogen-bond donors (Lipinski definition) is 1. The molecule has 112 valence electrons. The van der Waals surface area contributed by atoms with E-state index < -0.39 is 0 Å². The number of carbonyl (C=O) groups is 2. The molecule has 0 radical (unpaired) electrons. The van der Waals surface area contributed by atoms with Crippen molar-refractivity contribution in [1.29, 1.82) is 0 Å². The van der Waals surface area contributed by atoms with Gasteiger partial charge in [-0.25, -0.2) is 4.98 Å². The summed E-state index contributed by atoms with van der Waals surface area (Å²) in [7, 11) is 0. The molecule has 6 nitrogen and oxygen atoms in total. The molecule has 0 saturated carbocycles. The van der Waals surface area contributed by atoms with E-state index in [1.165, 1.54) is 16.2 Å². The van der Waals surface area contributed by atoms with Crippen LogP contribution in [0.25, 0.3) is 10.8 Å². The normalized spacial score (nSPS) is 10.4. The number of carbonyl (C=O) groups excluding carboxylic acids is 2. The van der Waals surface area contributed by atoms with Gasteiger partial charge in [0.25, 0.3) is 5.91 Å². The zero-order valence-corrected chi connectivity index (χ0v) is 12.8. The topological polar surface area (TPSA) is 75.4 Å². The molecule has 0 aromatic carbocycles. The van der Waals surface area contributed by atoms with Crippen LogP contribution >= 0.6 is 11.3 Å². The van der Waals surface area contributed by atoms with Crippen LogP contribution in [-0.4, -0.2) is 41.3 Å². The maximum atomic E-state index is 12.4. The molecule has 21 heavy (non-hydrogen) atoms. The average Bonchev–Trinajstić information content (AvgIpc) is 3.14. The van der Waals surface area contributed by atoms with Crippen molar-refractivity contribution in [3.63, 3.8) is 0 Å². The van der Waals surface area contributed by atoms with Crippen LogP contribution in [0.1, 0.15) is 24.3 Å². The van der Waals surface area contributed by atoms with Crippen molar-refractivity contribution < 1.29 is 14.0 Å². The lowest BCUT2D eigenvalue weighted by atomic mass is 10.3. The number of nitrogens with zero attached hydrogens (tertiary/aromatic N) is 2. The van der Waals surface area contributed by atoms with Gasteiger partial charge in [-0.3, -0.25) is 9.59 Å². The van der Waals surface area contributed by atoms with Gasteiger partial charge in [0.05, 0.1) is 12.8 Å². The van der Waals surface area contributed by atoms with Crippen molar-refractivity contribution >= 4 is 23.2 Å². The number of furan rings is 1. The third kappa shape index (κ3) is 3.69. The number of likely N-dealkylation sites (N-methyl/N-ethyl adjacent to an activating group) is 2. The molecule has 0 saturated heterocycles. The Morgan fingerprint density at radius 1 is 1.43 bits per heavy atom. The number of aromatic nitrogens is 1. The SMILES string of the molecule is CCNC(=O)CN(CC)C(=O)c1csc(-c2ccco2)n1. The quantitative estimate of drug-likeness (QED) is 0.885. The second-order valence-corrected chi connectivity index (χ2v) is 5.15. The van der Waals surface area contributed by atoms with E-state index >= 15 is 0 Å². The highest BCUT2D eigenvalue weighted by molar-refractivity contribution is 7.13. The molecule has 2 heterocycles. The number of thiazole rings is 1. The van der Waals surface area contributed by atoms with E-state index in [1.54, 1.807) is 23.8 Å². The molecule has 2 aromatic heterocycles. The molecule has 0 atom stereocenters. The highest BCUT2D eigenvalue weighted by Gasteiger charge is 2.20. The molecular weight excluding hydrogens is 290 g/mol. The molecule has 7 heteroatoms. The van der Waals surface area contributed by atoms with Gasteiger partial charge in [0.1, 0.15) is 5.69 Å². The van der Waals surface area contributed by atoms with Crippen LogP contribution < -0.4 is 5.32 Å². The third-order valence-corrected chi connectivity index (χ3v) is 3.69. The molecule has 1 N–H and O–H groups in total. The molecule has 0 fully saturated rings. The van der Waals surface area contributed by atoms with E-state index in [1.807, 2.05) is 13.8 Å². The summed E-state index contributed by atoms with van der Waals surface area (Å²) in [6.45, 7) is 4.70. The Labute approximate surface area is 126 Å². The standard InChI is InChI=1S/C14H17N3O3S/c1-3-15-12(18)8-17(4-2)14(19)10-9-21-13(16-10)11-6-5-7-20-11/h5-7,9H,3-4,8H2,1-2H3,(H,15,18). The van der Waals surface area contributed by atoms with Gasteiger partial charge in [0.2, 0.25) is 5.91 Å². The van der Waals surface area contributed by atoms with Gasteiger partial charge in [-0.15, -0.1) is 11.3 Å². The first-order valence-corrected chi connectivity index (χ1v) is 7.59. The van der Waals surface area contributed by atoms with Gasteiger partial charge in [-0.05, 0) is 26.0 Å². The van der Waals surface area contributed by atoms with Crippen molar-refractivity contribution in [3.8, 4) is 10.8 Å². The molecule has 0 aliphatic carbocycles. The lowest BCUT2D eigenvalue weighted by Crippen LogP contribution is -2.40. The highest BCUT2D eigenvalue weighted by atomic mass is 32.1.